The first kappa shape index (κ1) is 30.2. The van der Waals surface area contributed by atoms with Gasteiger partial charge < -0.3 is 29.2 Å². The van der Waals surface area contributed by atoms with Gasteiger partial charge in [-0.15, -0.1) is 0 Å². The molecule has 11 heteroatoms. The highest BCUT2D eigenvalue weighted by Crippen LogP contribution is 2.40. The molecule has 3 rings (SSSR count). The van der Waals surface area contributed by atoms with Crippen molar-refractivity contribution in [2.45, 2.75) is 46.1 Å². The SMILES string of the molecule is CC(C(=O)OCC(O)COC1=CC2OC(=O)C(c3ccc(OCCO)cc3C(F)(F)F)=CC2C=C1)C(C)(C)C. The minimum atomic E-state index is -4.77. The number of allylic oxidation sites excluding steroid dienone is 1. The molecule has 0 saturated carbocycles. The lowest BCUT2D eigenvalue weighted by atomic mass is 9.82. The number of ether oxygens (including phenoxy) is 4. The molecule has 1 aromatic carbocycles. The van der Waals surface area contributed by atoms with Crippen LogP contribution in [0.15, 0.2) is 48.3 Å². The summed E-state index contributed by atoms with van der Waals surface area (Å²) in [5.74, 6) is -2.08. The van der Waals surface area contributed by atoms with Crippen LogP contribution in [0.1, 0.15) is 38.8 Å². The second kappa shape index (κ2) is 12.3. The first-order valence-electron chi connectivity index (χ1n) is 12.5. The fourth-order valence-corrected chi connectivity index (χ4v) is 3.79. The third kappa shape index (κ3) is 7.86. The fraction of sp³-hybridized carbons (Fsp3) is 0.500. The first-order chi connectivity index (χ1) is 18.2. The summed E-state index contributed by atoms with van der Waals surface area (Å²) >= 11 is 0. The minimum Gasteiger partial charge on any atom is -0.491 e. The topological polar surface area (TPSA) is 112 Å². The Morgan fingerprint density at radius 1 is 1.13 bits per heavy atom. The van der Waals surface area contributed by atoms with Crippen LogP contribution in [0.4, 0.5) is 13.2 Å². The Kier molecular flexibility index (Phi) is 9.50. The van der Waals surface area contributed by atoms with Crippen LogP contribution < -0.4 is 4.74 Å². The van der Waals surface area contributed by atoms with Crippen LogP contribution in [-0.4, -0.2) is 60.8 Å². The number of fused-ring (bicyclic) bond motifs is 1. The van der Waals surface area contributed by atoms with Gasteiger partial charge in [0, 0.05) is 11.5 Å². The van der Waals surface area contributed by atoms with E-state index in [-0.39, 0.29) is 60.4 Å². The van der Waals surface area contributed by atoms with Gasteiger partial charge in [0.25, 0.3) is 0 Å². The highest BCUT2D eigenvalue weighted by Gasteiger charge is 2.39. The van der Waals surface area contributed by atoms with Crippen LogP contribution in [0.3, 0.4) is 0 Å². The summed E-state index contributed by atoms with van der Waals surface area (Å²) in [6.07, 6.45) is -0.601. The zero-order chi connectivity index (χ0) is 29.0. The molecule has 0 saturated heterocycles. The van der Waals surface area contributed by atoms with Crippen LogP contribution >= 0.6 is 0 Å². The number of rotatable bonds is 10. The van der Waals surface area contributed by atoms with Gasteiger partial charge >= 0.3 is 18.1 Å². The molecule has 4 atom stereocenters. The zero-order valence-electron chi connectivity index (χ0n) is 22.2. The Morgan fingerprint density at radius 2 is 1.85 bits per heavy atom. The number of aliphatic hydroxyl groups is 2. The number of hydrogen-bond acceptors (Lipinski definition) is 8. The van der Waals surface area contributed by atoms with Gasteiger partial charge in [-0.2, -0.15) is 13.2 Å². The van der Waals surface area contributed by atoms with Crippen molar-refractivity contribution in [3.63, 3.8) is 0 Å². The summed E-state index contributed by atoms with van der Waals surface area (Å²) in [5.41, 5.74) is -1.93. The van der Waals surface area contributed by atoms with E-state index in [1.165, 1.54) is 18.2 Å². The molecule has 0 amide bonds. The summed E-state index contributed by atoms with van der Waals surface area (Å²) in [4.78, 5) is 24.9. The van der Waals surface area contributed by atoms with E-state index in [9.17, 15) is 27.9 Å². The zero-order valence-corrected chi connectivity index (χ0v) is 22.2. The largest absolute Gasteiger partial charge is 0.491 e. The summed E-state index contributed by atoms with van der Waals surface area (Å²) in [5, 5.41) is 19.0. The lowest BCUT2D eigenvalue weighted by Crippen LogP contribution is -2.32. The molecule has 214 valence electrons. The van der Waals surface area contributed by atoms with Crippen molar-refractivity contribution in [2.75, 3.05) is 26.4 Å². The van der Waals surface area contributed by atoms with Gasteiger partial charge in [-0.3, -0.25) is 4.79 Å². The fourth-order valence-electron chi connectivity index (χ4n) is 3.79. The Labute approximate surface area is 224 Å². The van der Waals surface area contributed by atoms with E-state index in [4.69, 9.17) is 24.1 Å². The van der Waals surface area contributed by atoms with Crippen LogP contribution in [-0.2, 0) is 30.0 Å². The lowest BCUT2D eigenvalue weighted by Gasteiger charge is -2.30. The molecular formula is C28H33F3O8. The van der Waals surface area contributed by atoms with Crippen LogP contribution in [0, 0.1) is 17.3 Å². The molecule has 1 heterocycles. The monoisotopic (exact) mass is 554 g/mol. The van der Waals surface area contributed by atoms with E-state index < -0.39 is 41.8 Å². The van der Waals surface area contributed by atoms with Crippen molar-refractivity contribution in [1.29, 1.82) is 0 Å². The van der Waals surface area contributed by atoms with Crippen molar-refractivity contribution < 1.29 is 51.9 Å². The minimum absolute atomic E-state index is 0.0919. The molecule has 0 bridgehead atoms. The number of benzene rings is 1. The Morgan fingerprint density at radius 3 is 2.49 bits per heavy atom. The number of aliphatic hydroxyl groups excluding tert-OH is 2. The van der Waals surface area contributed by atoms with E-state index in [0.29, 0.717) is 0 Å². The number of hydrogen-bond donors (Lipinski definition) is 2. The van der Waals surface area contributed by atoms with Gasteiger partial charge in [0.2, 0.25) is 0 Å². The van der Waals surface area contributed by atoms with Crippen molar-refractivity contribution >= 4 is 17.5 Å². The van der Waals surface area contributed by atoms with E-state index in [1.54, 1.807) is 19.1 Å². The van der Waals surface area contributed by atoms with Crippen molar-refractivity contribution in [3.8, 4) is 5.75 Å². The average Bonchev–Trinajstić information content (AvgIpc) is 2.87. The van der Waals surface area contributed by atoms with Crippen LogP contribution in [0.25, 0.3) is 5.57 Å². The normalized spacial score (nSPS) is 20.7. The molecule has 2 aliphatic rings. The van der Waals surface area contributed by atoms with E-state index >= 15 is 0 Å². The Bertz CT molecular complexity index is 1150. The maximum absolute atomic E-state index is 13.8. The van der Waals surface area contributed by atoms with Crippen LogP contribution in [0.2, 0.25) is 0 Å². The summed E-state index contributed by atoms with van der Waals surface area (Å²) in [7, 11) is 0. The number of halogens is 3. The molecular weight excluding hydrogens is 521 g/mol. The molecule has 4 unspecified atom stereocenters. The smallest absolute Gasteiger partial charge is 0.417 e. The summed E-state index contributed by atoms with van der Waals surface area (Å²) < 4.78 is 62.6. The lowest BCUT2D eigenvalue weighted by molar-refractivity contribution is -0.155. The quantitative estimate of drug-likeness (QED) is 0.417. The molecule has 39 heavy (non-hydrogen) atoms. The highest BCUT2D eigenvalue weighted by molar-refractivity contribution is 6.17. The predicted octanol–water partition coefficient (Wildman–Crippen LogP) is 4.06. The standard InChI is InChI=1S/C28H33F3O8/c1-16(27(2,3)4)25(34)38-15-18(33)14-37-20-6-5-17-11-22(26(35)39-24(17)13-20)21-8-7-19(36-10-9-32)12-23(21)28(29,30)31/h5-8,11-13,16-18,24,32-33H,9-10,14-15H2,1-4H3. The second-order valence-corrected chi connectivity index (χ2v) is 10.4. The van der Waals surface area contributed by atoms with Crippen LogP contribution in [0.5, 0.6) is 5.75 Å². The van der Waals surface area contributed by atoms with E-state index in [2.05, 4.69) is 0 Å². The van der Waals surface area contributed by atoms with E-state index in [1.807, 2.05) is 20.8 Å². The number of carbonyl (C=O) groups is 2. The number of carbonyl (C=O) groups excluding carboxylic acids is 2. The van der Waals surface area contributed by atoms with Crippen molar-refractivity contribution in [1.82, 2.24) is 0 Å². The summed E-state index contributed by atoms with van der Waals surface area (Å²) in [6, 6.07) is 3.20. The molecule has 1 aliphatic carbocycles. The molecule has 0 aromatic heterocycles. The van der Waals surface area contributed by atoms with E-state index in [0.717, 1.165) is 12.1 Å². The van der Waals surface area contributed by atoms with Gasteiger partial charge in [0.15, 0.2) is 0 Å². The van der Waals surface area contributed by atoms with Gasteiger partial charge in [-0.25, -0.2) is 4.79 Å². The van der Waals surface area contributed by atoms with Crippen molar-refractivity contribution in [3.05, 3.63) is 59.4 Å². The molecule has 0 fully saturated rings. The molecule has 1 aromatic rings. The third-order valence-electron chi connectivity index (χ3n) is 6.47. The number of alkyl halides is 3. The first-order valence-corrected chi connectivity index (χ1v) is 12.5. The number of esters is 2. The molecule has 0 radical (unpaired) electrons. The maximum atomic E-state index is 13.8. The summed E-state index contributed by atoms with van der Waals surface area (Å²) in [6.45, 7) is 6.48. The van der Waals surface area contributed by atoms with Crippen molar-refractivity contribution in [2.24, 2.45) is 17.3 Å². The van der Waals surface area contributed by atoms with Gasteiger partial charge in [0.05, 0.1) is 23.7 Å². The third-order valence-corrected chi connectivity index (χ3v) is 6.47. The highest BCUT2D eigenvalue weighted by atomic mass is 19.4. The van der Waals surface area contributed by atoms with Gasteiger partial charge in [-0.1, -0.05) is 39.8 Å². The molecule has 8 nitrogen and oxygen atoms in total. The maximum Gasteiger partial charge on any atom is 0.417 e. The molecule has 0 spiro atoms. The second-order valence-electron chi connectivity index (χ2n) is 10.4. The van der Waals surface area contributed by atoms with Gasteiger partial charge in [-0.05, 0) is 35.8 Å². The average molecular weight is 555 g/mol. The molecule has 2 N–H and O–H groups in total. The predicted molar refractivity (Wildman–Crippen MR) is 134 cm³/mol. The molecule has 1 aliphatic heterocycles. The Balaban J connectivity index is 1.66. The van der Waals surface area contributed by atoms with Gasteiger partial charge in [0.1, 0.15) is 43.5 Å². The Hall–Kier alpha value is -3.31.